The Hall–Kier alpha value is -2.12. The van der Waals surface area contributed by atoms with Crippen LogP contribution < -0.4 is 10.2 Å². The van der Waals surface area contributed by atoms with Crippen molar-refractivity contribution in [2.24, 2.45) is 12.1 Å². The van der Waals surface area contributed by atoms with Gasteiger partial charge in [-0.1, -0.05) is 23.2 Å². The molecule has 2 aromatic rings. The first-order chi connectivity index (χ1) is 10.9. The number of hydrazone groups is 1. The predicted octanol–water partition coefficient (Wildman–Crippen LogP) is 2.70. The van der Waals surface area contributed by atoms with Crippen LogP contribution in [0.15, 0.2) is 23.3 Å². The highest BCUT2D eigenvalue weighted by Crippen LogP contribution is 2.27. The van der Waals surface area contributed by atoms with Crippen LogP contribution >= 0.6 is 23.2 Å². The van der Waals surface area contributed by atoms with E-state index in [0.717, 1.165) is 4.68 Å². The SMILES string of the molecule is Cc1nn(C)c(F)c1/C=N\NC(=O)COc1cc(Cl)ccc1Cl. The number of ether oxygens (including phenoxy) is 1. The summed E-state index contributed by atoms with van der Waals surface area (Å²) in [6.45, 7) is 1.32. The number of amides is 1. The van der Waals surface area contributed by atoms with E-state index in [1.54, 1.807) is 19.1 Å². The van der Waals surface area contributed by atoms with Gasteiger partial charge in [-0.15, -0.1) is 0 Å². The average Bonchev–Trinajstić information content (AvgIpc) is 2.74. The van der Waals surface area contributed by atoms with Gasteiger partial charge in [0.25, 0.3) is 5.91 Å². The predicted molar refractivity (Wildman–Crippen MR) is 85.6 cm³/mol. The molecule has 1 N–H and O–H groups in total. The molecular formula is C14H13Cl2FN4O2. The van der Waals surface area contributed by atoms with Gasteiger partial charge in [-0.2, -0.15) is 14.6 Å². The Bertz CT molecular complexity index is 761. The molecule has 1 heterocycles. The molecule has 6 nitrogen and oxygen atoms in total. The van der Waals surface area contributed by atoms with Crippen molar-refractivity contribution in [1.29, 1.82) is 0 Å². The second-order valence-electron chi connectivity index (χ2n) is 4.57. The topological polar surface area (TPSA) is 68.5 Å². The molecule has 0 atom stereocenters. The van der Waals surface area contributed by atoms with Crippen LogP contribution in [0.1, 0.15) is 11.3 Å². The average molecular weight is 359 g/mol. The fourth-order valence-electron chi connectivity index (χ4n) is 1.73. The minimum atomic E-state index is -0.539. The summed E-state index contributed by atoms with van der Waals surface area (Å²) in [6, 6.07) is 4.66. The van der Waals surface area contributed by atoms with Gasteiger partial charge in [0.2, 0.25) is 5.95 Å². The highest BCUT2D eigenvalue weighted by atomic mass is 35.5. The van der Waals surface area contributed by atoms with Gasteiger partial charge in [0.15, 0.2) is 6.61 Å². The third-order valence-corrected chi connectivity index (χ3v) is 3.38. The van der Waals surface area contributed by atoms with Gasteiger partial charge in [-0.25, -0.2) is 10.1 Å². The Morgan fingerprint density at radius 2 is 2.26 bits per heavy atom. The molecule has 0 fully saturated rings. The molecule has 0 unspecified atom stereocenters. The van der Waals surface area contributed by atoms with Crippen molar-refractivity contribution >= 4 is 35.3 Å². The molecule has 0 radical (unpaired) electrons. The Kier molecular flexibility index (Phi) is 5.57. The van der Waals surface area contributed by atoms with Gasteiger partial charge in [0, 0.05) is 18.1 Å². The van der Waals surface area contributed by atoms with Crippen molar-refractivity contribution in [1.82, 2.24) is 15.2 Å². The van der Waals surface area contributed by atoms with E-state index in [1.807, 2.05) is 0 Å². The summed E-state index contributed by atoms with van der Waals surface area (Å²) in [4.78, 5) is 11.6. The summed E-state index contributed by atoms with van der Waals surface area (Å²) in [5.41, 5.74) is 2.89. The summed E-state index contributed by atoms with van der Waals surface area (Å²) in [7, 11) is 1.47. The molecule has 0 aliphatic heterocycles. The minimum Gasteiger partial charge on any atom is -0.482 e. The number of nitrogens with zero attached hydrogens (tertiary/aromatic N) is 3. The monoisotopic (exact) mass is 358 g/mol. The molecule has 1 amide bonds. The van der Waals surface area contributed by atoms with Crippen molar-refractivity contribution in [3.63, 3.8) is 0 Å². The molecule has 0 saturated heterocycles. The van der Waals surface area contributed by atoms with Crippen LogP contribution in [-0.4, -0.2) is 28.5 Å². The van der Waals surface area contributed by atoms with E-state index in [-0.39, 0.29) is 17.9 Å². The fraction of sp³-hybridized carbons (Fsp3) is 0.214. The van der Waals surface area contributed by atoms with Gasteiger partial charge >= 0.3 is 0 Å². The standard InChI is InChI=1S/C14H13Cl2FN4O2/c1-8-10(14(17)21(2)20-8)6-18-19-13(22)7-23-12-5-9(15)3-4-11(12)16/h3-6H,7H2,1-2H3,(H,19,22)/b18-6-. The molecule has 122 valence electrons. The Balaban J connectivity index is 1.90. The molecule has 0 bridgehead atoms. The van der Waals surface area contributed by atoms with E-state index in [9.17, 15) is 9.18 Å². The zero-order valence-corrected chi connectivity index (χ0v) is 13.8. The lowest BCUT2D eigenvalue weighted by molar-refractivity contribution is -0.123. The molecule has 0 aliphatic carbocycles. The first-order valence-corrected chi connectivity index (χ1v) is 7.23. The summed E-state index contributed by atoms with van der Waals surface area (Å²) in [6.07, 6.45) is 1.18. The molecular weight excluding hydrogens is 346 g/mol. The van der Waals surface area contributed by atoms with E-state index in [2.05, 4.69) is 15.6 Å². The first-order valence-electron chi connectivity index (χ1n) is 6.47. The van der Waals surface area contributed by atoms with Crippen LogP contribution in [0, 0.1) is 12.9 Å². The maximum absolute atomic E-state index is 13.6. The number of halogens is 3. The molecule has 1 aromatic heterocycles. The highest BCUT2D eigenvalue weighted by molar-refractivity contribution is 6.34. The van der Waals surface area contributed by atoms with Crippen molar-refractivity contribution in [3.05, 3.63) is 45.4 Å². The van der Waals surface area contributed by atoms with Crippen LogP contribution in [0.3, 0.4) is 0 Å². The lowest BCUT2D eigenvalue weighted by atomic mass is 10.3. The lowest BCUT2D eigenvalue weighted by Crippen LogP contribution is -2.24. The minimum absolute atomic E-state index is 0.201. The number of hydrogen-bond acceptors (Lipinski definition) is 4. The molecule has 0 saturated carbocycles. The quantitative estimate of drug-likeness (QED) is 0.659. The van der Waals surface area contributed by atoms with Gasteiger partial charge in [0.1, 0.15) is 5.75 Å². The summed E-state index contributed by atoms with van der Waals surface area (Å²) >= 11 is 11.7. The maximum Gasteiger partial charge on any atom is 0.277 e. The zero-order valence-electron chi connectivity index (χ0n) is 12.3. The molecule has 9 heteroatoms. The van der Waals surface area contributed by atoms with Gasteiger partial charge in [-0.3, -0.25) is 4.79 Å². The van der Waals surface area contributed by atoms with Crippen LogP contribution in [0.5, 0.6) is 5.75 Å². The Morgan fingerprint density at radius 1 is 1.52 bits per heavy atom. The number of nitrogens with one attached hydrogen (secondary N) is 1. The number of carbonyl (C=O) groups excluding carboxylic acids is 1. The first kappa shape index (κ1) is 17.2. The van der Waals surface area contributed by atoms with Crippen LogP contribution in [0.4, 0.5) is 4.39 Å². The summed E-state index contributed by atoms with van der Waals surface area (Å²) < 4.78 is 20.0. The number of aryl methyl sites for hydroxylation is 2. The fourth-order valence-corrected chi connectivity index (χ4v) is 2.06. The number of hydrogen-bond donors (Lipinski definition) is 1. The van der Waals surface area contributed by atoms with E-state index in [0.29, 0.717) is 15.7 Å². The van der Waals surface area contributed by atoms with E-state index < -0.39 is 11.9 Å². The summed E-state index contributed by atoms with van der Waals surface area (Å²) in [5, 5.41) is 8.33. The van der Waals surface area contributed by atoms with Crippen molar-refractivity contribution < 1.29 is 13.9 Å². The lowest BCUT2D eigenvalue weighted by Gasteiger charge is -2.07. The largest absolute Gasteiger partial charge is 0.482 e. The number of rotatable bonds is 5. The molecule has 0 spiro atoms. The Labute approximate surface area is 141 Å². The molecule has 0 aliphatic rings. The smallest absolute Gasteiger partial charge is 0.277 e. The maximum atomic E-state index is 13.6. The second kappa shape index (κ2) is 7.43. The molecule has 1 aromatic carbocycles. The van der Waals surface area contributed by atoms with Gasteiger partial charge < -0.3 is 4.74 Å². The number of benzene rings is 1. The van der Waals surface area contributed by atoms with Crippen molar-refractivity contribution in [3.8, 4) is 5.75 Å². The third kappa shape index (κ3) is 4.43. The van der Waals surface area contributed by atoms with Crippen molar-refractivity contribution in [2.75, 3.05) is 6.61 Å². The molecule has 2 rings (SSSR count). The Morgan fingerprint density at radius 3 is 2.91 bits per heavy atom. The summed E-state index contributed by atoms with van der Waals surface area (Å²) in [5.74, 6) is -0.783. The van der Waals surface area contributed by atoms with Crippen LogP contribution in [0.2, 0.25) is 10.0 Å². The van der Waals surface area contributed by atoms with Crippen LogP contribution in [-0.2, 0) is 11.8 Å². The van der Waals surface area contributed by atoms with E-state index in [1.165, 1.54) is 19.3 Å². The molecule has 23 heavy (non-hydrogen) atoms. The van der Waals surface area contributed by atoms with E-state index in [4.69, 9.17) is 27.9 Å². The van der Waals surface area contributed by atoms with Gasteiger partial charge in [-0.05, 0) is 19.1 Å². The van der Waals surface area contributed by atoms with Crippen LogP contribution in [0.25, 0.3) is 0 Å². The number of carbonyl (C=O) groups is 1. The highest BCUT2D eigenvalue weighted by Gasteiger charge is 2.11. The zero-order chi connectivity index (χ0) is 17.0. The normalized spacial score (nSPS) is 11.0. The van der Waals surface area contributed by atoms with Crippen molar-refractivity contribution in [2.45, 2.75) is 6.92 Å². The third-order valence-electron chi connectivity index (χ3n) is 2.83. The second-order valence-corrected chi connectivity index (χ2v) is 5.41. The number of aromatic nitrogens is 2. The van der Waals surface area contributed by atoms with E-state index >= 15 is 0 Å². The van der Waals surface area contributed by atoms with Gasteiger partial charge in [0.05, 0.1) is 22.5 Å².